The first-order chi connectivity index (χ1) is 8.22. The summed E-state index contributed by atoms with van der Waals surface area (Å²) in [6.45, 7) is 7.50. The van der Waals surface area contributed by atoms with E-state index in [2.05, 4.69) is 20.8 Å². The molecule has 3 fully saturated rings. The molecule has 0 nitrogen and oxygen atoms in total. The summed E-state index contributed by atoms with van der Waals surface area (Å²) in [6, 6.07) is 0. The van der Waals surface area contributed by atoms with Gasteiger partial charge in [0, 0.05) is 0 Å². The zero-order valence-electron chi connectivity index (χ0n) is 11.9. The molecule has 17 heavy (non-hydrogen) atoms. The minimum Gasteiger partial charge on any atom is -0.102 e. The van der Waals surface area contributed by atoms with E-state index in [1.807, 2.05) is 0 Å². The molecule has 1 heteroatoms. The van der Waals surface area contributed by atoms with Crippen molar-refractivity contribution in [2.24, 2.45) is 29.6 Å². The molecule has 1 aliphatic heterocycles. The minimum absolute atomic E-state index is 0.541. The van der Waals surface area contributed by atoms with E-state index in [1.54, 1.807) is 31.6 Å². The third kappa shape index (κ3) is 2.44. The minimum atomic E-state index is 0.541. The van der Waals surface area contributed by atoms with Crippen molar-refractivity contribution in [3.8, 4) is 0 Å². The SMILES string of the molecule is CCC(C)C1C(C(C)CC2CCC2)C1P1CC1. The van der Waals surface area contributed by atoms with Crippen molar-refractivity contribution in [3.63, 3.8) is 0 Å². The molecular weight excluding hydrogens is 223 g/mol. The zero-order chi connectivity index (χ0) is 12.0. The standard InChI is InChI=1S/C16H29P/c1-4-11(2)14-15(16(14)17-8-9-17)12(3)10-13-6-5-7-13/h11-16H,4-10H2,1-3H3. The van der Waals surface area contributed by atoms with E-state index in [9.17, 15) is 0 Å². The molecule has 2 saturated carbocycles. The van der Waals surface area contributed by atoms with Crippen LogP contribution in [0.4, 0.5) is 0 Å². The van der Waals surface area contributed by atoms with Crippen LogP contribution < -0.4 is 0 Å². The molecule has 1 saturated heterocycles. The van der Waals surface area contributed by atoms with E-state index in [-0.39, 0.29) is 0 Å². The summed E-state index contributed by atoms with van der Waals surface area (Å²) in [5.41, 5.74) is 1.22. The Hall–Kier alpha value is 0.430. The summed E-state index contributed by atoms with van der Waals surface area (Å²) in [5, 5.41) is 0. The van der Waals surface area contributed by atoms with Crippen LogP contribution in [-0.2, 0) is 0 Å². The fourth-order valence-corrected chi connectivity index (χ4v) is 7.22. The normalized spacial score (nSPS) is 40.8. The van der Waals surface area contributed by atoms with E-state index in [0.29, 0.717) is 7.92 Å². The maximum absolute atomic E-state index is 2.58. The van der Waals surface area contributed by atoms with Gasteiger partial charge in [-0.25, -0.2) is 0 Å². The molecule has 0 radical (unpaired) electrons. The van der Waals surface area contributed by atoms with Crippen LogP contribution in [0.15, 0.2) is 0 Å². The zero-order valence-corrected chi connectivity index (χ0v) is 12.8. The molecule has 0 amide bonds. The maximum Gasteiger partial charge on any atom is -0.0141 e. The van der Waals surface area contributed by atoms with Gasteiger partial charge in [0.1, 0.15) is 0 Å². The van der Waals surface area contributed by atoms with Crippen molar-refractivity contribution >= 4 is 7.92 Å². The lowest BCUT2D eigenvalue weighted by atomic mass is 9.78. The van der Waals surface area contributed by atoms with Gasteiger partial charge in [-0.1, -0.05) is 46.5 Å². The fraction of sp³-hybridized carbons (Fsp3) is 1.00. The van der Waals surface area contributed by atoms with Crippen molar-refractivity contribution in [2.45, 2.75) is 58.5 Å². The highest BCUT2D eigenvalue weighted by molar-refractivity contribution is 7.66. The molecule has 3 aliphatic rings. The Morgan fingerprint density at radius 3 is 2.18 bits per heavy atom. The lowest BCUT2D eigenvalue weighted by molar-refractivity contribution is 0.236. The van der Waals surface area contributed by atoms with Gasteiger partial charge in [0.2, 0.25) is 0 Å². The largest absolute Gasteiger partial charge is 0.102 e. The summed E-state index contributed by atoms with van der Waals surface area (Å²) in [5.74, 6) is 5.48. The molecule has 0 aromatic rings. The first kappa shape index (κ1) is 12.5. The molecule has 0 aromatic heterocycles. The smallest absolute Gasteiger partial charge is 0.0141 e. The third-order valence-corrected chi connectivity index (χ3v) is 8.38. The van der Waals surface area contributed by atoms with Gasteiger partial charge in [0.25, 0.3) is 0 Å². The van der Waals surface area contributed by atoms with Gasteiger partial charge in [-0.2, -0.15) is 0 Å². The van der Waals surface area contributed by atoms with Crippen LogP contribution >= 0.6 is 7.92 Å². The van der Waals surface area contributed by atoms with Gasteiger partial charge in [-0.15, -0.1) is 7.92 Å². The topological polar surface area (TPSA) is 0 Å². The summed E-state index contributed by atoms with van der Waals surface area (Å²) >= 11 is 0. The predicted molar refractivity (Wildman–Crippen MR) is 78.0 cm³/mol. The Kier molecular flexibility index (Phi) is 3.55. The second-order valence-electron chi connectivity index (χ2n) is 7.08. The average Bonchev–Trinajstić information content (AvgIpc) is 3.11. The Bertz CT molecular complexity index is 267. The van der Waals surface area contributed by atoms with E-state index in [4.69, 9.17) is 0 Å². The highest BCUT2D eigenvalue weighted by atomic mass is 31.1. The molecule has 0 N–H and O–H groups in total. The molecule has 5 unspecified atom stereocenters. The maximum atomic E-state index is 2.58. The van der Waals surface area contributed by atoms with Crippen molar-refractivity contribution < 1.29 is 0 Å². The van der Waals surface area contributed by atoms with Crippen LogP contribution in [0, 0.1) is 29.6 Å². The number of hydrogen-bond donors (Lipinski definition) is 0. The summed E-state index contributed by atoms with van der Waals surface area (Å²) in [4.78, 5) is 0. The molecule has 0 aromatic carbocycles. The fourth-order valence-electron chi connectivity index (χ4n) is 4.30. The van der Waals surface area contributed by atoms with Gasteiger partial charge in [0.15, 0.2) is 0 Å². The number of rotatable bonds is 6. The molecule has 98 valence electrons. The van der Waals surface area contributed by atoms with E-state index in [1.165, 1.54) is 18.5 Å². The van der Waals surface area contributed by atoms with Crippen molar-refractivity contribution in [2.75, 3.05) is 12.3 Å². The molecule has 3 rings (SSSR count). The van der Waals surface area contributed by atoms with Crippen LogP contribution in [-0.4, -0.2) is 18.0 Å². The van der Waals surface area contributed by atoms with Crippen LogP contribution in [0.25, 0.3) is 0 Å². The van der Waals surface area contributed by atoms with Crippen molar-refractivity contribution in [1.82, 2.24) is 0 Å². The summed E-state index contributed by atoms with van der Waals surface area (Å²) in [7, 11) is 0.541. The molecule has 5 atom stereocenters. The van der Waals surface area contributed by atoms with Crippen LogP contribution in [0.1, 0.15) is 52.9 Å². The second-order valence-corrected chi connectivity index (χ2v) is 9.74. The van der Waals surface area contributed by atoms with Gasteiger partial charge >= 0.3 is 0 Å². The third-order valence-electron chi connectivity index (χ3n) is 5.88. The molecule has 0 spiro atoms. The molecule has 0 bridgehead atoms. The highest BCUT2D eigenvalue weighted by Gasteiger charge is 2.59. The first-order valence-corrected chi connectivity index (χ1v) is 9.74. The lowest BCUT2D eigenvalue weighted by Crippen LogP contribution is -2.16. The Morgan fingerprint density at radius 2 is 1.71 bits per heavy atom. The quantitative estimate of drug-likeness (QED) is 0.585. The Balaban J connectivity index is 1.56. The number of hydrogen-bond acceptors (Lipinski definition) is 0. The lowest BCUT2D eigenvalue weighted by Gasteiger charge is -2.28. The van der Waals surface area contributed by atoms with Crippen LogP contribution in [0.2, 0.25) is 0 Å². The van der Waals surface area contributed by atoms with Gasteiger partial charge in [-0.3, -0.25) is 0 Å². The molecule has 2 aliphatic carbocycles. The van der Waals surface area contributed by atoms with E-state index < -0.39 is 0 Å². The Labute approximate surface area is 109 Å². The Morgan fingerprint density at radius 1 is 1.06 bits per heavy atom. The van der Waals surface area contributed by atoms with Crippen molar-refractivity contribution in [1.29, 1.82) is 0 Å². The molecule has 1 heterocycles. The summed E-state index contributed by atoms with van der Waals surface area (Å²) < 4.78 is 0. The highest BCUT2D eigenvalue weighted by Crippen LogP contribution is 2.73. The van der Waals surface area contributed by atoms with Gasteiger partial charge in [0.05, 0.1) is 0 Å². The predicted octanol–water partition coefficient (Wildman–Crippen LogP) is 4.97. The first-order valence-electron chi connectivity index (χ1n) is 7.96. The van der Waals surface area contributed by atoms with Crippen molar-refractivity contribution in [3.05, 3.63) is 0 Å². The van der Waals surface area contributed by atoms with Gasteiger partial charge < -0.3 is 0 Å². The average molecular weight is 252 g/mol. The van der Waals surface area contributed by atoms with Gasteiger partial charge in [-0.05, 0) is 54.0 Å². The molecular formula is C16H29P. The second kappa shape index (κ2) is 4.84. The summed E-state index contributed by atoms with van der Waals surface area (Å²) in [6.07, 6.45) is 10.8. The van der Waals surface area contributed by atoms with Crippen LogP contribution in [0.3, 0.4) is 0 Å². The monoisotopic (exact) mass is 252 g/mol. The van der Waals surface area contributed by atoms with E-state index >= 15 is 0 Å². The van der Waals surface area contributed by atoms with Crippen LogP contribution in [0.5, 0.6) is 0 Å². The van der Waals surface area contributed by atoms with E-state index in [0.717, 1.165) is 29.6 Å².